The maximum Gasteiger partial charge on any atom is 0.250 e. The van der Waals surface area contributed by atoms with Crippen molar-refractivity contribution in [1.29, 1.82) is 0 Å². The third-order valence-electron chi connectivity index (χ3n) is 3.76. The zero-order valence-corrected chi connectivity index (χ0v) is 11.6. The molecule has 0 aromatic heterocycles. The summed E-state index contributed by atoms with van der Waals surface area (Å²) in [6, 6.07) is 17.5. The van der Waals surface area contributed by atoms with E-state index in [4.69, 9.17) is 0 Å². The van der Waals surface area contributed by atoms with Crippen LogP contribution >= 0.6 is 0 Å². The molecule has 3 nitrogen and oxygen atoms in total. The van der Waals surface area contributed by atoms with E-state index in [2.05, 4.69) is 5.32 Å². The van der Waals surface area contributed by atoms with Gasteiger partial charge in [0.15, 0.2) is 0 Å². The summed E-state index contributed by atoms with van der Waals surface area (Å²) in [6.45, 7) is 0.425. The highest BCUT2D eigenvalue weighted by Crippen LogP contribution is 2.32. The van der Waals surface area contributed by atoms with Crippen LogP contribution in [0.3, 0.4) is 0 Å². The van der Waals surface area contributed by atoms with Gasteiger partial charge in [0.2, 0.25) is 5.91 Å². The van der Waals surface area contributed by atoms with Gasteiger partial charge >= 0.3 is 0 Å². The summed E-state index contributed by atoms with van der Waals surface area (Å²) in [7, 11) is 0. The number of hydrogen-bond donors (Lipinski definition) is 2. The molecule has 2 atom stereocenters. The third kappa shape index (κ3) is 2.88. The Labute approximate surface area is 123 Å². The van der Waals surface area contributed by atoms with E-state index in [1.165, 1.54) is 0 Å². The van der Waals surface area contributed by atoms with Crippen LogP contribution in [-0.2, 0) is 11.3 Å². The minimum Gasteiger partial charge on any atom is -0.382 e. The second-order valence-electron chi connectivity index (χ2n) is 5.16. The predicted molar refractivity (Wildman–Crippen MR) is 82.5 cm³/mol. The average molecular weight is 279 g/mol. The third-order valence-corrected chi connectivity index (χ3v) is 3.76. The lowest BCUT2D eigenvalue weighted by molar-refractivity contribution is -0.130. The highest BCUT2D eigenvalue weighted by Gasteiger charge is 2.29. The quantitative estimate of drug-likeness (QED) is 0.903. The highest BCUT2D eigenvalue weighted by molar-refractivity contribution is 5.83. The van der Waals surface area contributed by atoms with E-state index in [-0.39, 0.29) is 11.8 Å². The standard InChI is InChI=1S/C18H17NO2/c20-17(16-11-10-14-8-4-5-9-15(14)16)18(21)19-12-13-6-2-1-3-7-13/h1-11,16-17,20H,12H2,(H,19,21). The number of aliphatic hydroxyl groups is 1. The molecule has 2 aromatic rings. The normalized spacial score (nSPS) is 17.3. The smallest absolute Gasteiger partial charge is 0.250 e. The summed E-state index contributed by atoms with van der Waals surface area (Å²) >= 11 is 0. The number of benzene rings is 2. The van der Waals surface area contributed by atoms with E-state index in [1.54, 1.807) is 0 Å². The first-order valence-corrected chi connectivity index (χ1v) is 7.02. The van der Waals surface area contributed by atoms with E-state index in [9.17, 15) is 9.90 Å². The Hall–Kier alpha value is -2.39. The minimum atomic E-state index is -1.06. The van der Waals surface area contributed by atoms with Gasteiger partial charge in [0.05, 0.1) is 0 Å². The van der Waals surface area contributed by atoms with Crippen LogP contribution < -0.4 is 5.32 Å². The lowest BCUT2D eigenvalue weighted by atomic mass is 9.95. The Bertz CT molecular complexity index is 664. The molecule has 1 aliphatic rings. The monoisotopic (exact) mass is 279 g/mol. The predicted octanol–water partition coefficient (Wildman–Crippen LogP) is 2.47. The molecular weight excluding hydrogens is 262 g/mol. The molecule has 0 saturated carbocycles. The van der Waals surface area contributed by atoms with E-state index in [0.717, 1.165) is 16.7 Å². The van der Waals surface area contributed by atoms with E-state index in [1.807, 2.05) is 66.7 Å². The van der Waals surface area contributed by atoms with Crippen molar-refractivity contribution in [2.24, 2.45) is 0 Å². The lowest BCUT2D eigenvalue weighted by Gasteiger charge is -2.18. The van der Waals surface area contributed by atoms with Crippen LogP contribution in [0.5, 0.6) is 0 Å². The molecule has 2 N–H and O–H groups in total. The zero-order chi connectivity index (χ0) is 14.7. The van der Waals surface area contributed by atoms with E-state index in [0.29, 0.717) is 6.54 Å². The van der Waals surface area contributed by atoms with Gasteiger partial charge in [0.1, 0.15) is 6.10 Å². The summed E-state index contributed by atoms with van der Waals surface area (Å²) in [5.41, 5.74) is 3.08. The molecule has 0 heterocycles. The van der Waals surface area contributed by atoms with Crippen LogP contribution in [0.2, 0.25) is 0 Å². The largest absolute Gasteiger partial charge is 0.382 e. The van der Waals surface area contributed by atoms with Crippen molar-refractivity contribution in [1.82, 2.24) is 5.32 Å². The molecular formula is C18H17NO2. The fourth-order valence-corrected chi connectivity index (χ4v) is 2.61. The minimum absolute atomic E-state index is 0.267. The molecule has 0 radical (unpaired) electrons. The fourth-order valence-electron chi connectivity index (χ4n) is 2.61. The van der Waals surface area contributed by atoms with E-state index < -0.39 is 6.10 Å². The Morgan fingerprint density at radius 2 is 1.81 bits per heavy atom. The van der Waals surface area contributed by atoms with Gasteiger partial charge in [0.25, 0.3) is 0 Å². The van der Waals surface area contributed by atoms with Crippen LogP contribution in [0.25, 0.3) is 6.08 Å². The highest BCUT2D eigenvalue weighted by atomic mass is 16.3. The summed E-state index contributed by atoms with van der Waals surface area (Å²) in [5.74, 6) is -0.609. The molecule has 3 heteroatoms. The molecule has 1 aliphatic carbocycles. The van der Waals surface area contributed by atoms with Crippen LogP contribution in [-0.4, -0.2) is 17.1 Å². The van der Waals surface area contributed by atoms with Crippen molar-refractivity contribution in [2.75, 3.05) is 0 Å². The maximum absolute atomic E-state index is 12.1. The maximum atomic E-state index is 12.1. The number of hydrogen-bond acceptors (Lipinski definition) is 2. The number of aliphatic hydroxyl groups excluding tert-OH is 1. The topological polar surface area (TPSA) is 49.3 Å². The Morgan fingerprint density at radius 1 is 1.10 bits per heavy atom. The molecule has 0 fully saturated rings. The van der Waals surface area contributed by atoms with Gasteiger partial charge in [-0.2, -0.15) is 0 Å². The first-order chi connectivity index (χ1) is 10.3. The van der Waals surface area contributed by atoms with Crippen molar-refractivity contribution < 1.29 is 9.90 Å². The summed E-state index contributed by atoms with van der Waals surface area (Å²) in [5, 5.41) is 13.1. The number of rotatable bonds is 4. The van der Waals surface area contributed by atoms with Gasteiger partial charge < -0.3 is 10.4 Å². The first-order valence-electron chi connectivity index (χ1n) is 7.02. The van der Waals surface area contributed by atoms with Gasteiger partial charge in [-0.25, -0.2) is 0 Å². The molecule has 2 unspecified atom stereocenters. The van der Waals surface area contributed by atoms with Crippen molar-refractivity contribution in [2.45, 2.75) is 18.6 Å². The van der Waals surface area contributed by atoms with Crippen LogP contribution in [0, 0.1) is 0 Å². The summed E-state index contributed by atoms with van der Waals surface area (Å²) in [4.78, 5) is 12.1. The van der Waals surface area contributed by atoms with Gasteiger partial charge in [-0.05, 0) is 16.7 Å². The molecule has 3 rings (SSSR count). The lowest BCUT2D eigenvalue weighted by Crippen LogP contribution is -2.37. The fraction of sp³-hybridized carbons (Fsp3) is 0.167. The number of carbonyl (C=O) groups excluding carboxylic acids is 1. The number of fused-ring (bicyclic) bond motifs is 1. The second-order valence-corrected chi connectivity index (χ2v) is 5.16. The number of amides is 1. The van der Waals surface area contributed by atoms with Crippen LogP contribution in [0.1, 0.15) is 22.6 Å². The second kappa shape index (κ2) is 5.94. The van der Waals surface area contributed by atoms with Crippen LogP contribution in [0.15, 0.2) is 60.7 Å². The Balaban J connectivity index is 1.65. The molecule has 106 valence electrons. The van der Waals surface area contributed by atoms with Crippen LogP contribution in [0.4, 0.5) is 0 Å². The SMILES string of the molecule is O=C(NCc1ccccc1)C(O)C1C=Cc2ccccc21. The summed E-state index contributed by atoms with van der Waals surface area (Å²) < 4.78 is 0. The molecule has 0 aliphatic heterocycles. The van der Waals surface area contributed by atoms with Crippen molar-refractivity contribution in [3.8, 4) is 0 Å². The average Bonchev–Trinajstić information content (AvgIpc) is 2.97. The van der Waals surface area contributed by atoms with Gasteiger partial charge in [-0.15, -0.1) is 0 Å². The van der Waals surface area contributed by atoms with E-state index >= 15 is 0 Å². The summed E-state index contributed by atoms with van der Waals surface area (Å²) in [6.07, 6.45) is 2.78. The number of nitrogens with one attached hydrogen (secondary N) is 1. The molecule has 2 aromatic carbocycles. The number of carbonyl (C=O) groups is 1. The van der Waals surface area contributed by atoms with Gasteiger partial charge in [-0.3, -0.25) is 4.79 Å². The molecule has 0 spiro atoms. The van der Waals surface area contributed by atoms with Crippen molar-refractivity contribution in [3.63, 3.8) is 0 Å². The first kappa shape index (κ1) is 13.6. The zero-order valence-electron chi connectivity index (χ0n) is 11.6. The Morgan fingerprint density at radius 3 is 2.62 bits per heavy atom. The Kier molecular flexibility index (Phi) is 3.84. The molecule has 21 heavy (non-hydrogen) atoms. The molecule has 0 bridgehead atoms. The van der Waals surface area contributed by atoms with Crippen molar-refractivity contribution >= 4 is 12.0 Å². The van der Waals surface area contributed by atoms with Crippen molar-refractivity contribution in [3.05, 3.63) is 77.4 Å². The van der Waals surface area contributed by atoms with Gasteiger partial charge in [-0.1, -0.05) is 66.7 Å². The molecule has 1 amide bonds. The van der Waals surface area contributed by atoms with Gasteiger partial charge in [0, 0.05) is 12.5 Å². The molecule has 0 saturated heterocycles.